The van der Waals surface area contributed by atoms with Gasteiger partial charge in [-0.25, -0.2) is 19.2 Å². The number of carbonyl (C=O) groups is 4. The number of hydrogen-bond donors (Lipinski definition) is 0. The Kier molecular flexibility index (Phi) is 16.8. The molecule has 0 aromatic heterocycles. The molecule has 1 aliphatic rings. The quantitative estimate of drug-likeness (QED) is 0.0443. The van der Waals surface area contributed by atoms with Crippen molar-refractivity contribution in [2.75, 3.05) is 19.8 Å². The zero-order valence-corrected chi connectivity index (χ0v) is 37.8. The van der Waals surface area contributed by atoms with Crippen molar-refractivity contribution < 1.29 is 56.8 Å². The summed E-state index contributed by atoms with van der Waals surface area (Å²) in [7, 11) is -2.21. The van der Waals surface area contributed by atoms with E-state index in [0.29, 0.717) is 13.0 Å². The van der Waals surface area contributed by atoms with Crippen LogP contribution in [0.3, 0.4) is 0 Å². The first-order valence-electron chi connectivity index (χ1n) is 21.4. The van der Waals surface area contributed by atoms with Crippen LogP contribution in [0.5, 0.6) is 0 Å². The molecule has 0 saturated carbocycles. The summed E-state index contributed by atoms with van der Waals surface area (Å²) >= 11 is 0. The highest BCUT2D eigenvalue weighted by Gasteiger charge is 2.54. The summed E-state index contributed by atoms with van der Waals surface area (Å²) in [6.07, 6.45) is -7.85. The molecule has 0 N–H and O–H groups in total. The van der Waals surface area contributed by atoms with Gasteiger partial charge in [0.25, 0.3) is 0 Å². The van der Waals surface area contributed by atoms with Crippen molar-refractivity contribution in [1.29, 1.82) is 0 Å². The highest BCUT2D eigenvalue weighted by atomic mass is 28.4. The van der Waals surface area contributed by atoms with Gasteiger partial charge in [-0.2, -0.15) is 0 Å². The molecule has 0 radical (unpaired) electrons. The monoisotopic (exact) mass is 888 g/mol. The average molecular weight is 889 g/mol. The first-order chi connectivity index (χ1) is 30.8. The highest BCUT2D eigenvalue weighted by molar-refractivity contribution is 6.74. The van der Waals surface area contributed by atoms with E-state index in [9.17, 15) is 19.2 Å². The first kappa shape index (κ1) is 47.5. The minimum Gasteiger partial charge on any atom is -0.459 e. The lowest BCUT2D eigenvalue weighted by Crippen LogP contribution is -2.63. The van der Waals surface area contributed by atoms with Gasteiger partial charge in [0.15, 0.2) is 32.9 Å². The van der Waals surface area contributed by atoms with Crippen LogP contribution < -0.4 is 0 Å². The topological polar surface area (TPSA) is 142 Å². The van der Waals surface area contributed by atoms with E-state index in [1.54, 1.807) is 121 Å². The van der Waals surface area contributed by atoms with E-state index >= 15 is 0 Å². The zero-order valence-electron chi connectivity index (χ0n) is 36.8. The summed E-state index contributed by atoms with van der Waals surface area (Å²) in [5, 5.41) is -0.0666. The van der Waals surface area contributed by atoms with E-state index < -0.39 is 75.6 Å². The SMILES string of the molecule is CC(C)(C)[Si](C)(C)OCCC(COCc1ccccc1)O[C@@H]1O[C@H](COC(=O)c2ccccc2)[C@@H](OC(=O)c2ccccc2)[C@H](OC(=O)c2ccccc2)[C@H]1OC(=O)c1ccccc1. The van der Waals surface area contributed by atoms with Crippen LogP contribution in [0.2, 0.25) is 18.1 Å². The summed E-state index contributed by atoms with van der Waals surface area (Å²) in [5.41, 5.74) is 1.76. The van der Waals surface area contributed by atoms with Crippen LogP contribution in [0.15, 0.2) is 152 Å². The summed E-state index contributed by atoms with van der Waals surface area (Å²) in [6, 6.07) is 42.7. The zero-order chi connectivity index (χ0) is 45.5. The van der Waals surface area contributed by atoms with Gasteiger partial charge < -0.3 is 37.6 Å². The lowest BCUT2D eigenvalue weighted by Gasteiger charge is -2.45. The molecule has 12 nitrogen and oxygen atoms in total. The lowest BCUT2D eigenvalue weighted by atomic mass is 9.97. The normalized spacial score (nSPS) is 19.2. The number of hydrogen-bond acceptors (Lipinski definition) is 12. The summed E-state index contributed by atoms with van der Waals surface area (Å²) in [5.74, 6) is -3.07. The molecule has 0 amide bonds. The molecule has 6 atom stereocenters. The molecular weight excluding hydrogens is 833 g/mol. The lowest BCUT2D eigenvalue weighted by molar-refractivity contribution is -0.312. The van der Waals surface area contributed by atoms with Crippen LogP contribution in [0.4, 0.5) is 0 Å². The van der Waals surface area contributed by atoms with Gasteiger partial charge >= 0.3 is 23.9 Å². The van der Waals surface area contributed by atoms with Crippen molar-refractivity contribution in [1.82, 2.24) is 0 Å². The van der Waals surface area contributed by atoms with Crippen molar-refractivity contribution in [3.8, 4) is 0 Å². The summed E-state index contributed by atoms with van der Waals surface area (Å²) in [4.78, 5) is 55.5. The van der Waals surface area contributed by atoms with E-state index in [4.69, 9.17) is 37.6 Å². The van der Waals surface area contributed by atoms with Crippen LogP contribution in [0.25, 0.3) is 0 Å². The van der Waals surface area contributed by atoms with Crippen molar-refractivity contribution in [3.05, 3.63) is 179 Å². The Morgan fingerprint density at radius 1 is 0.578 bits per heavy atom. The second-order valence-electron chi connectivity index (χ2n) is 16.9. The first-order valence-corrected chi connectivity index (χ1v) is 24.3. The van der Waals surface area contributed by atoms with Crippen LogP contribution in [-0.2, 0) is 44.2 Å². The average Bonchev–Trinajstić information content (AvgIpc) is 3.30. The molecule has 336 valence electrons. The largest absolute Gasteiger partial charge is 0.459 e. The third kappa shape index (κ3) is 13.3. The molecule has 0 bridgehead atoms. The Bertz CT molecular complexity index is 2240. The molecule has 1 saturated heterocycles. The molecular formula is C51H56O12Si. The standard InChI is InChI=1S/C51H56O12Si/c1-51(2,3)64(4,5)58-32-31-41(34-56-33-36-21-11-6-12-22-36)59-50-45(63-49(55)40-29-19-10-20-30-40)44(62-48(54)39-27-17-9-18-28-39)43(61-47(53)38-25-15-8-16-26-38)42(60-50)35-57-46(52)37-23-13-7-14-24-37/h6-30,41-45,50H,31-35H2,1-5H3/t41?,42-,43-,44+,45-,50-/m1/s1. The van der Waals surface area contributed by atoms with Crippen molar-refractivity contribution in [2.45, 2.75) is 88.7 Å². The number of rotatable bonds is 19. The van der Waals surface area contributed by atoms with Gasteiger partial charge in [-0.3, -0.25) is 0 Å². The van der Waals surface area contributed by atoms with Gasteiger partial charge in [0.2, 0.25) is 0 Å². The Labute approximate surface area is 375 Å². The van der Waals surface area contributed by atoms with Gasteiger partial charge in [0.05, 0.1) is 41.6 Å². The predicted octanol–water partition coefficient (Wildman–Crippen LogP) is 9.26. The van der Waals surface area contributed by atoms with E-state index in [-0.39, 0.29) is 40.5 Å². The van der Waals surface area contributed by atoms with E-state index in [0.717, 1.165) is 5.56 Å². The molecule has 0 spiro atoms. The second kappa shape index (κ2) is 22.6. The van der Waals surface area contributed by atoms with E-state index in [1.807, 2.05) is 30.3 Å². The molecule has 1 aliphatic heterocycles. The van der Waals surface area contributed by atoms with Crippen LogP contribution in [0.1, 0.15) is 74.2 Å². The minimum atomic E-state index is -2.21. The minimum absolute atomic E-state index is 0.0590. The second-order valence-corrected chi connectivity index (χ2v) is 21.7. The Morgan fingerprint density at radius 2 is 1.00 bits per heavy atom. The van der Waals surface area contributed by atoms with Gasteiger partial charge in [-0.1, -0.05) is 124 Å². The van der Waals surface area contributed by atoms with E-state index in [1.165, 1.54) is 0 Å². The fraction of sp³-hybridized carbons (Fsp3) is 0.333. The fourth-order valence-corrected chi connectivity index (χ4v) is 7.62. The molecule has 1 fully saturated rings. The Morgan fingerprint density at radius 3 is 1.47 bits per heavy atom. The maximum absolute atomic E-state index is 14.1. The number of ether oxygens (including phenoxy) is 7. The van der Waals surface area contributed by atoms with Crippen LogP contribution in [0, 0.1) is 0 Å². The Hall–Kier alpha value is -5.96. The van der Waals surface area contributed by atoms with Crippen molar-refractivity contribution >= 4 is 32.2 Å². The molecule has 5 aromatic rings. The van der Waals surface area contributed by atoms with Gasteiger partial charge in [0, 0.05) is 6.61 Å². The Balaban J connectivity index is 1.40. The summed E-state index contributed by atoms with van der Waals surface area (Å²) < 4.78 is 50.8. The van der Waals surface area contributed by atoms with Crippen molar-refractivity contribution in [2.24, 2.45) is 0 Å². The highest BCUT2D eigenvalue weighted by Crippen LogP contribution is 2.37. The molecule has 64 heavy (non-hydrogen) atoms. The number of esters is 4. The molecule has 1 unspecified atom stereocenters. The van der Waals surface area contributed by atoms with Crippen LogP contribution in [-0.4, -0.2) is 88.8 Å². The predicted molar refractivity (Wildman–Crippen MR) is 241 cm³/mol. The van der Waals surface area contributed by atoms with E-state index in [2.05, 4.69) is 33.9 Å². The maximum atomic E-state index is 14.1. The third-order valence-corrected chi connectivity index (χ3v) is 15.7. The molecule has 6 rings (SSSR count). The van der Waals surface area contributed by atoms with Crippen molar-refractivity contribution in [3.63, 3.8) is 0 Å². The number of carbonyl (C=O) groups excluding carboxylic acids is 4. The molecule has 13 heteroatoms. The van der Waals surface area contributed by atoms with Crippen LogP contribution >= 0.6 is 0 Å². The van der Waals surface area contributed by atoms with Gasteiger partial charge in [0.1, 0.15) is 12.7 Å². The number of benzene rings is 5. The maximum Gasteiger partial charge on any atom is 0.338 e. The molecule has 1 heterocycles. The van der Waals surface area contributed by atoms with Gasteiger partial charge in [-0.05, 0) is 78.6 Å². The molecule has 0 aliphatic carbocycles. The molecule has 5 aromatic carbocycles. The van der Waals surface area contributed by atoms with Gasteiger partial charge in [-0.15, -0.1) is 0 Å². The smallest absolute Gasteiger partial charge is 0.338 e. The summed E-state index contributed by atoms with van der Waals surface area (Å²) in [6.45, 7) is 10.9. The third-order valence-electron chi connectivity index (χ3n) is 11.2. The fourth-order valence-electron chi connectivity index (χ4n) is 6.56.